The molecule has 7 nitrogen and oxygen atoms in total. The largest absolute Gasteiger partial charge is 0.497 e. The van der Waals surface area contributed by atoms with Gasteiger partial charge < -0.3 is 9.47 Å². The molecule has 0 aliphatic rings. The topological polar surface area (TPSA) is 82.4 Å². The van der Waals surface area contributed by atoms with Crippen molar-refractivity contribution in [3.63, 3.8) is 0 Å². The Morgan fingerprint density at radius 1 is 1.00 bits per heavy atom. The maximum Gasteiger partial charge on any atom is 0.266 e. The lowest BCUT2D eigenvalue weighted by Gasteiger charge is -2.12. The van der Waals surface area contributed by atoms with Crippen LogP contribution in [0.2, 0.25) is 0 Å². The van der Waals surface area contributed by atoms with Crippen molar-refractivity contribution in [3.05, 3.63) is 54.6 Å². The SMILES string of the molecule is COc1ccc(OC)c(S(=O)(=O)Nc2cc(-c3ccccc3)nn2C)c1. The summed E-state index contributed by atoms with van der Waals surface area (Å²) >= 11 is 0. The quantitative estimate of drug-likeness (QED) is 0.718. The summed E-state index contributed by atoms with van der Waals surface area (Å²) in [6.07, 6.45) is 0. The van der Waals surface area contributed by atoms with Gasteiger partial charge in [0.1, 0.15) is 22.2 Å². The molecule has 0 spiro atoms. The van der Waals surface area contributed by atoms with E-state index in [0.29, 0.717) is 17.3 Å². The molecule has 1 N–H and O–H groups in total. The number of nitrogens with zero attached hydrogens (tertiary/aromatic N) is 2. The van der Waals surface area contributed by atoms with E-state index in [9.17, 15) is 8.42 Å². The summed E-state index contributed by atoms with van der Waals surface area (Å²) in [6, 6.07) is 15.8. The first-order chi connectivity index (χ1) is 12.4. The van der Waals surface area contributed by atoms with Crippen molar-refractivity contribution < 1.29 is 17.9 Å². The molecule has 0 amide bonds. The van der Waals surface area contributed by atoms with E-state index in [0.717, 1.165) is 5.56 Å². The zero-order valence-corrected chi connectivity index (χ0v) is 15.4. The second-order valence-electron chi connectivity index (χ2n) is 5.53. The van der Waals surface area contributed by atoms with Gasteiger partial charge in [-0.1, -0.05) is 30.3 Å². The molecule has 1 aromatic heterocycles. The molecule has 0 fully saturated rings. The summed E-state index contributed by atoms with van der Waals surface area (Å²) in [7, 11) is 0.664. The van der Waals surface area contributed by atoms with Crippen molar-refractivity contribution >= 4 is 15.8 Å². The van der Waals surface area contributed by atoms with Gasteiger partial charge in [0.05, 0.1) is 19.9 Å². The number of rotatable bonds is 6. The first kappa shape index (κ1) is 17.8. The van der Waals surface area contributed by atoms with Gasteiger partial charge in [0, 0.05) is 24.7 Å². The molecule has 0 saturated carbocycles. The predicted octanol–water partition coefficient (Wildman–Crippen LogP) is 2.91. The molecule has 0 atom stereocenters. The summed E-state index contributed by atoms with van der Waals surface area (Å²) in [5, 5.41) is 4.37. The Bertz CT molecular complexity index is 1010. The van der Waals surface area contributed by atoms with E-state index in [1.54, 1.807) is 25.2 Å². The fourth-order valence-corrected chi connectivity index (χ4v) is 3.76. The summed E-state index contributed by atoms with van der Waals surface area (Å²) in [5.41, 5.74) is 1.57. The van der Waals surface area contributed by atoms with E-state index in [1.165, 1.54) is 25.0 Å². The number of anilines is 1. The summed E-state index contributed by atoms with van der Waals surface area (Å²) < 4.78 is 40.1. The molecule has 2 aromatic carbocycles. The summed E-state index contributed by atoms with van der Waals surface area (Å²) in [5.74, 6) is 0.985. The average Bonchev–Trinajstić information content (AvgIpc) is 3.01. The van der Waals surface area contributed by atoms with Gasteiger partial charge in [-0.05, 0) is 12.1 Å². The minimum atomic E-state index is -3.90. The van der Waals surface area contributed by atoms with Crippen LogP contribution in [0.5, 0.6) is 11.5 Å². The van der Waals surface area contributed by atoms with Gasteiger partial charge in [-0.25, -0.2) is 8.42 Å². The molecule has 0 unspecified atom stereocenters. The second kappa shape index (κ2) is 7.09. The van der Waals surface area contributed by atoms with Gasteiger partial charge in [0.25, 0.3) is 10.0 Å². The lowest BCUT2D eigenvalue weighted by molar-refractivity contribution is 0.392. The fourth-order valence-electron chi connectivity index (χ4n) is 2.50. The molecule has 136 valence electrons. The van der Waals surface area contributed by atoms with Crippen LogP contribution in [0.25, 0.3) is 11.3 Å². The van der Waals surface area contributed by atoms with Crippen molar-refractivity contribution in [1.82, 2.24) is 9.78 Å². The van der Waals surface area contributed by atoms with Crippen LogP contribution in [0.3, 0.4) is 0 Å². The van der Waals surface area contributed by atoms with E-state index >= 15 is 0 Å². The molecule has 0 aliphatic heterocycles. The Labute approximate surface area is 152 Å². The molecular formula is C18H19N3O4S. The number of hydrogen-bond donors (Lipinski definition) is 1. The number of aromatic nitrogens is 2. The van der Waals surface area contributed by atoms with Gasteiger partial charge in [0.15, 0.2) is 0 Å². The number of methoxy groups -OCH3 is 2. The van der Waals surface area contributed by atoms with Crippen LogP contribution in [0.1, 0.15) is 0 Å². The summed E-state index contributed by atoms with van der Waals surface area (Å²) in [6.45, 7) is 0. The van der Waals surface area contributed by atoms with Crippen molar-refractivity contribution in [3.8, 4) is 22.8 Å². The highest BCUT2D eigenvalue weighted by Gasteiger charge is 2.22. The van der Waals surface area contributed by atoms with Crippen molar-refractivity contribution in [2.75, 3.05) is 18.9 Å². The number of nitrogens with one attached hydrogen (secondary N) is 1. The maximum absolute atomic E-state index is 12.9. The average molecular weight is 373 g/mol. The highest BCUT2D eigenvalue weighted by Crippen LogP contribution is 2.30. The molecule has 3 aromatic rings. The van der Waals surface area contributed by atoms with Crippen LogP contribution in [0.4, 0.5) is 5.82 Å². The molecule has 8 heteroatoms. The zero-order chi connectivity index (χ0) is 18.7. The number of benzene rings is 2. The van der Waals surface area contributed by atoms with E-state index in [-0.39, 0.29) is 10.6 Å². The van der Waals surface area contributed by atoms with Gasteiger partial charge >= 0.3 is 0 Å². The van der Waals surface area contributed by atoms with E-state index in [2.05, 4.69) is 9.82 Å². The van der Waals surface area contributed by atoms with Gasteiger partial charge in [-0.15, -0.1) is 0 Å². The van der Waals surface area contributed by atoms with Crippen LogP contribution in [-0.2, 0) is 17.1 Å². The minimum Gasteiger partial charge on any atom is -0.497 e. The molecule has 0 bridgehead atoms. The van der Waals surface area contributed by atoms with E-state index in [4.69, 9.17) is 9.47 Å². The number of aryl methyl sites for hydroxylation is 1. The van der Waals surface area contributed by atoms with Gasteiger partial charge in [-0.2, -0.15) is 5.10 Å². The van der Waals surface area contributed by atoms with E-state index in [1.807, 2.05) is 30.3 Å². The van der Waals surface area contributed by atoms with Gasteiger partial charge in [-0.3, -0.25) is 9.40 Å². The first-order valence-corrected chi connectivity index (χ1v) is 9.27. The predicted molar refractivity (Wildman–Crippen MR) is 99.0 cm³/mol. The Balaban J connectivity index is 1.97. The highest BCUT2D eigenvalue weighted by molar-refractivity contribution is 7.92. The van der Waals surface area contributed by atoms with Crippen LogP contribution < -0.4 is 14.2 Å². The molecule has 3 rings (SSSR count). The summed E-state index contributed by atoms with van der Waals surface area (Å²) in [4.78, 5) is -0.0122. The number of hydrogen-bond acceptors (Lipinski definition) is 5. The standard InChI is InChI=1S/C18H19N3O4S/c1-21-18(12-15(19-21)13-7-5-4-6-8-13)20-26(22,23)17-11-14(24-2)9-10-16(17)25-3/h4-12,20H,1-3H3. The second-order valence-corrected chi connectivity index (χ2v) is 7.18. The van der Waals surface area contributed by atoms with Crippen LogP contribution in [0, 0.1) is 0 Å². The lowest BCUT2D eigenvalue weighted by Crippen LogP contribution is -2.16. The monoisotopic (exact) mass is 373 g/mol. The van der Waals surface area contributed by atoms with Crippen molar-refractivity contribution in [2.24, 2.45) is 7.05 Å². The smallest absolute Gasteiger partial charge is 0.266 e. The van der Waals surface area contributed by atoms with Crippen LogP contribution >= 0.6 is 0 Å². The third kappa shape index (κ3) is 3.50. The Morgan fingerprint density at radius 2 is 1.73 bits per heavy atom. The highest BCUT2D eigenvalue weighted by atomic mass is 32.2. The third-order valence-electron chi connectivity index (χ3n) is 3.85. The maximum atomic E-state index is 12.9. The molecule has 0 saturated heterocycles. The lowest BCUT2D eigenvalue weighted by atomic mass is 10.2. The number of sulfonamides is 1. The van der Waals surface area contributed by atoms with Crippen LogP contribution in [0.15, 0.2) is 59.5 Å². The minimum absolute atomic E-state index is 0.0122. The van der Waals surface area contributed by atoms with E-state index < -0.39 is 10.0 Å². The Morgan fingerprint density at radius 3 is 2.38 bits per heavy atom. The van der Waals surface area contributed by atoms with Crippen molar-refractivity contribution in [1.29, 1.82) is 0 Å². The third-order valence-corrected chi connectivity index (χ3v) is 5.22. The molecule has 26 heavy (non-hydrogen) atoms. The Kier molecular flexibility index (Phi) is 4.85. The first-order valence-electron chi connectivity index (χ1n) is 7.79. The van der Waals surface area contributed by atoms with Crippen LogP contribution in [-0.4, -0.2) is 32.4 Å². The van der Waals surface area contributed by atoms with Gasteiger partial charge in [0.2, 0.25) is 0 Å². The normalized spacial score (nSPS) is 11.2. The zero-order valence-electron chi connectivity index (χ0n) is 14.6. The Hall–Kier alpha value is -3.00. The fraction of sp³-hybridized carbons (Fsp3) is 0.167. The molecule has 0 aliphatic carbocycles. The molecule has 0 radical (unpaired) electrons. The molecular weight excluding hydrogens is 354 g/mol. The molecule has 1 heterocycles. The van der Waals surface area contributed by atoms with Crippen molar-refractivity contribution in [2.45, 2.75) is 4.90 Å². The number of ether oxygens (including phenoxy) is 2.